The SMILES string of the molecule is C[SiH2]OC(O[SiH2]C)C(C)(C)CCN(C(=O)C(F)(F)F)c1ccc(Br)cc1. The van der Waals surface area contributed by atoms with Gasteiger partial charge in [0.2, 0.25) is 0 Å². The summed E-state index contributed by atoms with van der Waals surface area (Å²) in [6.07, 6.45) is -5.06. The maximum atomic E-state index is 13.0. The summed E-state index contributed by atoms with van der Waals surface area (Å²) in [4.78, 5) is 12.7. The fourth-order valence-electron chi connectivity index (χ4n) is 2.44. The molecule has 0 aliphatic rings. The van der Waals surface area contributed by atoms with Gasteiger partial charge >= 0.3 is 12.1 Å². The van der Waals surface area contributed by atoms with Crippen molar-refractivity contribution >= 4 is 47.1 Å². The largest absolute Gasteiger partial charge is 0.471 e. The van der Waals surface area contributed by atoms with E-state index in [1.165, 1.54) is 12.1 Å². The second-order valence-electron chi connectivity index (χ2n) is 6.41. The molecule has 1 amide bonds. The number of carbonyl (C=O) groups is 1. The lowest BCUT2D eigenvalue weighted by Crippen LogP contribution is -2.45. The summed E-state index contributed by atoms with van der Waals surface area (Å²) < 4.78 is 51.4. The van der Waals surface area contributed by atoms with Crippen LogP contribution in [0.2, 0.25) is 13.1 Å². The van der Waals surface area contributed by atoms with Crippen molar-refractivity contribution in [3.63, 3.8) is 0 Å². The number of carbonyl (C=O) groups excluding carboxylic acids is 1. The highest BCUT2D eigenvalue weighted by molar-refractivity contribution is 9.10. The number of alkyl halides is 3. The number of halogens is 4. The van der Waals surface area contributed by atoms with E-state index >= 15 is 0 Å². The maximum absolute atomic E-state index is 13.0. The van der Waals surface area contributed by atoms with Crippen LogP contribution in [0.25, 0.3) is 0 Å². The molecule has 0 aliphatic heterocycles. The minimum Gasteiger partial charge on any atom is -0.400 e. The zero-order valence-electron chi connectivity index (χ0n) is 15.4. The Balaban J connectivity index is 3.02. The van der Waals surface area contributed by atoms with Crippen LogP contribution in [0.15, 0.2) is 28.7 Å². The quantitative estimate of drug-likeness (QED) is 0.409. The highest BCUT2D eigenvalue weighted by atomic mass is 79.9. The lowest BCUT2D eigenvalue weighted by molar-refractivity contribution is -0.170. The summed E-state index contributed by atoms with van der Waals surface area (Å²) in [6, 6.07) is 6.20. The molecule has 148 valence electrons. The molecule has 0 aromatic heterocycles. The van der Waals surface area contributed by atoms with E-state index in [-0.39, 0.29) is 12.2 Å². The van der Waals surface area contributed by atoms with Gasteiger partial charge in [0.1, 0.15) is 6.29 Å². The molecule has 0 unspecified atom stereocenters. The van der Waals surface area contributed by atoms with Crippen molar-refractivity contribution in [2.24, 2.45) is 5.41 Å². The van der Waals surface area contributed by atoms with E-state index in [4.69, 9.17) is 8.85 Å². The van der Waals surface area contributed by atoms with E-state index in [0.29, 0.717) is 6.42 Å². The van der Waals surface area contributed by atoms with Crippen molar-refractivity contribution in [3.05, 3.63) is 28.7 Å². The summed E-state index contributed by atoms with van der Waals surface area (Å²) in [5, 5.41) is 0. The smallest absolute Gasteiger partial charge is 0.400 e. The fourth-order valence-corrected chi connectivity index (χ4v) is 4.60. The molecule has 0 atom stereocenters. The van der Waals surface area contributed by atoms with Crippen molar-refractivity contribution in [3.8, 4) is 0 Å². The Morgan fingerprint density at radius 3 is 2.08 bits per heavy atom. The van der Waals surface area contributed by atoms with Gasteiger partial charge in [0.05, 0.1) is 0 Å². The van der Waals surface area contributed by atoms with Crippen LogP contribution in [-0.4, -0.2) is 44.4 Å². The molecule has 0 saturated carbocycles. The van der Waals surface area contributed by atoms with Gasteiger partial charge in [-0.25, -0.2) is 0 Å². The molecule has 0 fully saturated rings. The van der Waals surface area contributed by atoms with Gasteiger partial charge in [0.15, 0.2) is 19.5 Å². The number of amides is 1. The molecule has 0 N–H and O–H groups in total. The first-order valence-electron chi connectivity index (χ1n) is 8.40. The van der Waals surface area contributed by atoms with Crippen LogP contribution in [-0.2, 0) is 13.6 Å². The first-order chi connectivity index (χ1) is 12.0. The van der Waals surface area contributed by atoms with Crippen LogP contribution in [0.1, 0.15) is 20.3 Å². The highest BCUT2D eigenvalue weighted by Crippen LogP contribution is 2.31. The predicted molar refractivity (Wildman–Crippen MR) is 106 cm³/mol. The first-order valence-corrected chi connectivity index (χ1v) is 13.2. The molecule has 4 nitrogen and oxygen atoms in total. The van der Waals surface area contributed by atoms with Gasteiger partial charge in [-0.2, -0.15) is 13.2 Å². The fraction of sp³-hybridized carbons (Fsp3) is 0.562. The Morgan fingerprint density at radius 2 is 1.65 bits per heavy atom. The van der Waals surface area contributed by atoms with E-state index in [1.54, 1.807) is 12.1 Å². The topological polar surface area (TPSA) is 38.8 Å². The van der Waals surface area contributed by atoms with E-state index in [2.05, 4.69) is 15.9 Å². The number of anilines is 1. The Bertz CT molecular complexity index is 579. The van der Waals surface area contributed by atoms with Gasteiger partial charge in [-0.15, -0.1) is 0 Å². The average molecular weight is 472 g/mol. The first kappa shape index (κ1) is 23.4. The summed E-state index contributed by atoms with van der Waals surface area (Å²) >= 11 is 3.24. The second kappa shape index (κ2) is 10.0. The van der Waals surface area contributed by atoms with Gasteiger partial charge < -0.3 is 13.8 Å². The minimum absolute atomic E-state index is 0.0767. The van der Waals surface area contributed by atoms with Crippen LogP contribution in [0.3, 0.4) is 0 Å². The highest BCUT2D eigenvalue weighted by Gasteiger charge is 2.43. The molecule has 26 heavy (non-hydrogen) atoms. The molecule has 0 aliphatic carbocycles. The van der Waals surface area contributed by atoms with Gasteiger partial charge in [-0.3, -0.25) is 4.79 Å². The van der Waals surface area contributed by atoms with Crippen molar-refractivity contribution < 1.29 is 26.8 Å². The Hall–Kier alpha value is -0.686. The molecule has 0 spiro atoms. The molecule has 1 rings (SSSR count). The van der Waals surface area contributed by atoms with Gasteiger partial charge in [0, 0.05) is 22.1 Å². The summed E-state index contributed by atoms with van der Waals surface area (Å²) in [5.41, 5.74) is -0.301. The number of nitrogens with zero attached hydrogens (tertiary/aromatic N) is 1. The third kappa shape index (κ3) is 6.80. The molecular weight excluding hydrogens is 447 g/mol. The number of benzene rings is 1. The number of hydrogen-bond donors (Lipinski definition) is 0. The van der Waals surface area contributed by atoms with Crippen molar-refractivity contribution in [1.29, 1.82) is 0 Å². The lowest BCUT2D eigenvalue weighted by atomic mass is 9.88. The van der Waals surface area contributed by atoms with E-state index in [1.807, 2.05) is 26.9 Å². The van der Waals surface area contributed by atoms with Crippen molar-refractivity contribution in [1.82, 2.24) is 0 Å². The molecule has 0 bridgehead atoms. The molecular formula is C16H25BrF3NO3Si2. The van der Waals surface area contributed by atoms with Crippen LogP contribution in [0.4, 0.5) is 18.9 Å². The number of rotatable bonds is 9. The molecule has 1 aromatic rings. The van der Waals surface area contributed by atoms with Crippen LogP contribution in [0.5, 0.6) is 0 Å². The zero-order valence-corrected chi connectivity index (χ0v) is 19.8. The van der Waals surface area contributed by atoms with Crippen LogP contribution < -0.4 is 4.90 Å². The molecule has 10 heteroatoms. The summed E-state index contributed by atoms with van der Waals surface area (Å²) in [5.74, 6) is -1.87. The van der Waals surface area contributed by atoms with Crippen molar-refractivity contribution in [2.75, 3.05) is 11.4 Å². The number of hydrogen-bond acceptors (Lipinski definition) is 3. The van der Waals surface area contributed by atoms with Gasteiger partial charge in [-0.05, 0) is 30.7 Å². The normalized spacial score (nSPS) is 14.5. The van der Waals surface area contributed by atoms with Crippen LogP contribution >= 0.6 is 15.9 Å². The third-order valence-corrected chi connectivity index (χ3v) is 5.68. The van der Waals surface area contributed by atoms with E-state index in [9.17, 15) is 18.0 Å². The monoisotopic (exact) mass is 471 g/mol. The van der Waals surface area contributed by atoms with E-state index in [0.717, 1.165) is 9.37 Å². The molecule has 0 radical (unpaired) electrons. The predicted octanol–water partition coefficient (Wildman–Crippen LogP) is 3.38. The molecule has 1 aromatic carbocycles. The average Bonchev–Trinajstić information content (AvgIpc) is 2.55. The second-order valence-corrected chi connectivity index (χ2v) is 9.15. The third-order valence-electron chi connectivity index (χ3n) is 3.88. The Morgan fingerprint density at radius 1 is 1.15 bits per heavy atom. The lowest BCUT2D eigenvalue weighted by Gasteiger charge is -2.36. The maximum Gasteiger partial charge on any atom is 0.471 e. The molecule has 0 saturated heterocycles. The van der Waals surface area contributed by atoms with Gasteiger partial charge in [0.25, 0.3) is 0 Å². The Kier molecular flexibility index (Phi) is 9.00. The standard InChI is InChI=1S/C16H25BrF3NO3Si2/c1-15(2,14(23-25-3)24-26-4)9-10-21(13(22)16(18,19)20)12-7-5-11(17)6-8-12/h5-8,14H,9-10,25-26H2,1-4H3. The van der Waals surface area contributed by atoms with Gasteiger partial charge in [-0.1, -0.05) is 42.9 Å². The summed E-state index contributed by atoms with van der Waals surface area (Å²) in [7, 11) is -1.46. The van der Waals surface area contributed by atoms with E-state index < -0.39 is 43.3 Å². The summed E-state index contributed by atoms with van der Waals surface area (Å²) in [6.45, 7) is 7.66. The minimum atomic E-state index is -4.93. The molecule has 0 heterocycles. The zero-order chi connectivity index (χ0) is 20.0. The van der Waals surface area contributed by atoms with Crippen molar-refractivity contribution in [2.45, 2.75) is 45.8 Å². The Labute approximate surface area is 165 Å². The van der Waals surface area contributed by atoms with Crippen LogP contribution in [0, 0.1) is 5.41 Å².